The molecule has 2 aliphatic heterocycles. The number of hydrogen-bond donors (Lipinski definition) is 0. The molecular weight excluding hydrogens is 444 g/mol. The number of rotatable bonds is 4. The summed E-state index contributed by atoms with van der Waals surface area (Å²) in [5, 5.41) is 13.2. The fraction of sp³-hybridized carbons (Fsp3) is 0.179. The van der Waals surface area contributed by atoms with E-state index in [1.807, 2.05) is 59.5 Å². The molecule has 0 aromatic heterocycles. The third kappa shape index (κ3) is 3.01. The number of fused-ring (bicyclic) bond motifs is 6. The summed E-state index contributed by atoms with van der Waals surface area (Å²) in [6.07, 6.45) is 0.687. The Balaban J connectivity index is 1.71. The third-order valence-electron chi connectivity index (χ3n) is 7.09. The number of nitro benzene ring substituents is 1. The van der Waals surface area contributed by atoms with E-state index in [4.69, 9.17) is 9.47 Å². The number of ether oxygens (including phenoxy) is 2. The molecule has 4 aromatic rings. The van der Waals surface area contributed by atoms with Crippen molar-refractivity contribution in [2.75, 3.05) is 20.8 Å². The Morgan fingerprint density at radius 1 is 0.886 bits per heavy atom. The number of benzene rings is 4. The van der Waals surface area contributed by atoms with Crippen molar-refractivity contribution in [2.45, 2.75) is 12.5 Å². The monoisotopic (exact) mass is 466 g/mol. The van der Waals surface area contributed by atoms with Crippen molar-refractivity contribution in [3.63, 3.8) is 0 Å². The largest absolute Gasteiger partial charge is 0.493 e. The van der Waals surface area contributed by atoms with Crippen molar-refractivity contribution in [3.05, 3.63) is 99.1 Å². The van der Waals surface area contributed by atoms with Gasteiger partial charge in [-0.1, -0.05) is 42.5 Å². The fourth-order valence-electron chi connectivity index (χ4n) is 5.58. The van der Waals surface area contributed by atoms with Crippen LogP contribution in [-0.4, -0.2) is 36.5 Å². The van der Waals surface area contributed by atoms with Crippen molar-refractivity contribution in [1.82, 2.24) is 4.90 Å². The second-order valence-electron chi connectivity index (χ2n) is 8.77. The number of nitro groups is 1. The van der Waals surface area contributed by atoms with Crippen LogP contribution in [0.2, 0.25) is 0 Å². The quantitative estimate of drug-likeness (QED) is 0.292. The topological polar surface area (TPSA) is 81.9 Å². The molecule has 0 spiro atoms. The predicted octanol–water partition coefficient (Wildman–Crippen LogP) is 5.53. The molecule has 1 atom stereocenters. The molecule has 1 amide bonds. The zero-order chi connectivity index (χ0) is 24.3. The summed E-state index contributed by atoms with van der Waals surface area (Å²) in [7, 11) is 3.19. The van der Waals surface area contributed by atoms with Crippen LogP contribution in [0.4, 0.5) is 5.69 Å². The maximum absolute atomic E-state index is 13.9. The summed E-state index contributed by atoms with van der Waals surface area (Å²) < 4.78 is 11.1. The Kier molecular flexibility index (Phi) is 4.74. The van der Waals surface area contributed by atoms with Gasteiger partial charge in [-0.15, -0.1) is 0 Å². The Hall–Kier alpha value is -4.39. The second-order valence-corrected chi connectivity index (χ2v) is 8.77. The molecule has 7 nitrogen and oxygen atoms in total. The summed E-state index contributed by atoms with van der Waals surface area (Å²) in [6.45, 7) is 0.549. The van der Waals surface area contributed by atoms with Crippen molar-refractivity contribution in [1.29, 1.82) is 0 Å². The maximum atomic E-state index is 13.9. The minimum atomic E-state index is -0.360. The molecule has 0 bridgehead atoms. The van der Waals surface area contributed by atoms with Gasteiger partial charge in [-0.05, 0) is 52.3 Å². The Labute approximate surface area is 201 Å². The first kappa shape index (κ1) is 21.2. The SMILES string of the molecule is COc1cc2c(cc1OC)C1c3cc4c([N+](=O)[O-])cccc4c(-c4ccccc4)c3C(=O)N1CC2. The molecule has 0 radical (unpaired) electrons. The number of non-ortho nitro benzene ring substituents is 1. The van der Waals surface area contributed by atoms with Gasteiger partial charge in [0.1, 0.15) is 0 Å². The van der Waals surface area contributed by atoms with Gasteiger partial charge in [-0.3, -0.25) is 14.9 Å². The fourth-order valence-corrected chi connectivity index (χ4v) is 5.58. The van der Waals surface area contributed by atoms with Crippen LogP contribution in [0.3, 0.4) is 0 Å². The zero-order valence-electron chi connectivity index (χ0n) is 19.3. The van der Waals surface area contributed by atoms with Crippen molar-refractivity contribution < 1.29 is 19.2 Å². The molecule has 6 rings (SSSR count). The summed E-state index contributed by atoms with van der Waals surface area (Å²) in [4.78, 5) is 27.4. The van der Waals surface area contributed by atoms with Gasteiger partial charge in [-0.2, -0.15) is 0 Å². The molecule has 1 unspecified atom stereocenters. The molecule has 0 saturated carbocycles. The van der Waals surface area contributed by atoms with E-state index in [2.05, 4.69) is 0 Å². The van der Waals surface area contributed by atoms with Crippen LogP contribution in [-0.2, 0) is 6.42 Å². The highest BCUT2D eigenvalue weighted by Crippen LogP contribution is 2.50. The van der Waals surface area contributed by atoms with E-state index in [0.717, 1.165) is 27.8 Å². The lowest BCUT2D eigenvalue weighted by Crippen LogP contribution is -2.35. The van der Waals surface area contributed by atoms with E-state index in [9.17, 15) is 14.9 Å². The van der Waals surface area contributed by atoms with Gasteiger partial charge in [0.05, 0.1) is 36.1 Å². The lowest BCUT2D eigenvalue weighted by Gasteiger charge is -2.33. The van der Waals surface area contributed by atoms with Crippen LogP contribution in [0.5, 0.6) is 11.5 Å². The Morgan fingerprint density at radius 3 is 2.34 bits per heavy atom. The van der Waals surface area contributed by atoms with E-state index in [0.29, 0.717) is 40.8 Å². The van der Waals surface area contributed by atoms with Crippen LogP contribution in [0, 0.1) is 10.1 Å². The van der Waals surface area contributed by atoms with Crippen LogP contribution in [0.15, 0.2) is 66.7 Å². The van der Waals surface area contributed by atoms with Gasteiger partial charge in [-0.25, -0.2) is 0 Å². The predicted molar refractivity (Wildman–Crippen MR) is 132 cm³/mol. The highest BCUT2D eigenvalue weighted by molar-refractivity contribution is 6.15. The average molecular weight is 466 g/mol. The molecule has 35 heavy (non-hydrogen) atoms. The molecule has 0 N–H and O–H groups in total. The van der Waals surface area contributed by atoms with Crippen molar-refractivity contribution >= 4 is 22.4 Å². The molecule has 7 heteroatoms. The highest BCUT2D eigenvalue weighted by Gasteiger charge is 2.44. The van der Waals surface area contributed by atoms with E-state index in [-0.39, 0.29) is 22.6 Å². The first-order valence-electron chi connectivity index (χ1n) is 11.4. The number of methoxy groups -OCH3 is 2. The van der Waals surface area contributed by atoms with E-state index < -0.39 is 0 Å². The number of carbonyl (C=O) groups excluding carboxylic acids is 1. The highest BCUT2D eigenvalue weighted by atomic mass is 16.6. The molecule has 0 saturated heterocycles. The smallest absolute Gasteiger partial charge is 0.277 e. The number of nitrogens with zero attached hydrogens (tertiary/aromatic N) is 2. The van der Waals surface area contributed by atoms with E-state index in [1.165, 1.54) is 6.07 Å². The minimum absolute atomic E-state index is 0.0247. The van der Waals surface area contributed by atoms with E-state index in [1.54, 1.807) is 20.3 Å². The summed E-state index contributed by atoms with van der Waals surface area (Å²) in [5.41, 5.74) is 5.04. The van der Waals surface area contributed by atoms with Crippen LogP contribution in [0.25, 0.3) is 21.9 Å². The summed E-state index contributed by atoms with van der Waals surface area (Å²) in [5.74, 6) is 1.17. The molecular formula is C28H22N2O5. The van der Waals surface area contributed by atoms with Gasteiger partial charge in [0.2, 0.25) is 0 Å². The van der Waals surface area contributed by atoms with Gasteiger partial charge in [0, 0.05) is 18.2 Å². The van der Waals surface area contributed by atoms with Crippen LogP contribution >= 0.6 is 0 Å². The van der Waals surface area contributed by atoms with Gasteiger partial charge < -0.3 is 14.4 Å². The normalized spacial score (nSPS) is 16.0. The average Bonchev–Trinajstić information content (AvgIpc) is 3.18. The second kappa shape index (κ2) is 7.84. The molecule has 2 heterocycles. The Bertz CT molecular complexity index is 1530. The van der Waals surface area contributed by atoms with Gasteiger partial charge in [0.15, 0.2) is 11.5 Å². The molecule has 0 fully saturated rings. The van der Waals surface area contributed by atoms with Gasteiger partial charge >= 0.3 is 0 Å². The molecule has 0 aliphatic carbocycles. The standard InChI is InChI=1S/C28H22N2O5/c1-34-23-13-17-11-12-29-27(19(17)15-24(23)35-2)21-14-20-18(9-6-10-22(20)30(32)33)25(26(21)28(29)31)16-7-4-3-5-8-16/h3-10,13-15,27H,11-12H2,1-2H3. The molecule has 4 aromatic carbocycles. The number of amides is 1. The Morgan fingerprint density at radius 2 is 1.63 bits per heavy atom. The van der Waals surface area contributed by atoms with Crippen LogP contribution < -0.4 is 9.47 Å². The minimum Gasteiger partial charge on any atom is -0.493 e. The number of carbonyl (C=O) groups is 1. The summed E-state index contributed by atoms with van der Waals surface area (Å²) in [6, 6.07) is 20.1. The van der Waals surface area contributed by atoms with Crippen molar-refractivity contribution in [3.8, 4) is 22.6 Å². The molecule has 2 aliphatic rings. The van der Waals surface area contributed by atoms with Crippen molar-refractivity contribution in [2.24, 2.45) is 0 Å². The zero-order valence-corrected chi connectivity index (χ0v) is 19.3. The van der Waals surface area contributed by atoms with Crippen LogP contribution in [0.1, 0.15) is 33.1 Å². The summed E-state index contributed by atoms with van der Waals surface area (Å²) >= 11 is 0. The number of hydrogen-bond acceptors (Lipinski definition) is 5. The first-order chi connectivity index (χ1) is 17.0. The lowest BCUT2D eigenvalue weighted by molar-refractivity contribution is -0.383. The maximum Gasteiger partial charge on any atom is 0.277 e. The first-order valence-corrected chi connectivity index (χ1v) is 11.4. The van der Waals surface area contributed by atoms with E-state index >= 15 is 0 Å². The van der Waals surface area contributed by atoms with Gasteiger partial charge in [0.25, 0.3) is 11.6 Å². The molecule has 174 valence electrons. The third-order valence-corrected chi connectivity index (χ3v) is 7.09. The lowest BCUT2D eigenvalue weighted by atomic mass is 9.85.